The lowest BCUT2D eigenvalue weighted by atomic mass is 10.1. The summed E-state index contributed by atoms with van der Waals surface area (Å²) in [5, 5.41) is 5.88. The molecule has 3 aromatic rings. The molecule has 0 spiro atoms. The van der Waals surface area contributed by atoms with Gasteiger partial charge in [-0.05, 0) is 64.4 Å². The molecule has 1 aromatic heterocycles. The van der Waals surface area contributed by atoms with Gasteiger partial charge in [0.2, 0.25) is 5.91 Å². The van der Waals surface area contributed by atoms with E-state index >= 15 is 0 Å². The van der Waals surface area contributed by atoms with Gasteiger partial charge in [-0.1, -0.05) is 0 Å². The molecule has 0 radical (unpaired) electrons. The van der Waals surface area contributed by atoms with Gasteiger partial charge in [0, 0.05) is 17.3 Å². The molecule has 1 atom stereocenters. The predicted octanol–water partition coefficient (Wildman–Crippen LogP) is 5.40. The molecule has 9 heteroatoms. The first-order valence-corrected chi connectivity index (χ1v) is 10.4. The fourth-order valence-electron chi connectivity index (χ4n) is 2.77. The van der Waals surface area contributed by atoms with Crippen molar-refractivity contribution in [2.75, 3.05) is 5.32 Å². The second-order valence-corrected chi connectivity index (χ2v) is 9.17. The molecule has 0 saturated carbocycles. The number of carbonyl (C=O) groups is 2. The van der Waals surface area contributed by atoms with Gasteiger partial charge in [0.25, 0.3) is 0 Å². The van der Waals surface area contributed by atoms with E-state index in [0.717, 1.165) is 23.3 Å². The third-order valence-corrected chi connectivity index (χ3v) is 5.36. The number of thiazole rings is 1. The Morgan fingerprint density at radius 2 is 1.81 bits per heavy atom. The molecule has 164 valence electrons. The zero-order valence-corrected chi connectivity index (χ0v) is 18.6. The van der Waals surface area contributed by atoms with Gasteiger partial charge in [0.05, 0.1) is 10.2 Å². The number of aromatic nitrogens is 1. The van der Waals surface area contributed by atoms with Crippen molar-refractivity contribution in [3.63, 3.8) is 0 Å². The van der Waals surface area contributed by atoms with Crippen LogP contribution < -0.4 is 10.6 Å². The maximum atomic E-state index is 13.5. The molecular weight excluding hydrogens is 424 g/mol. The number of hydrogen-bond acceptors (Lipinski definition) is 5. The predicted molar refractivity (Wildman–Crippen MR) is 117 cm³/mol. The van der Waals surface area contributed by atoms with E-state index in [2.05, 4.69) is 15.6 Å². The fourth-order valence-corrected chi connectivity index (χ4v) is 3.74. The van der Waals surface area contributed by atoms with Crippen LogP contribution in [0.3, 0.4) is 0 Å². The van der Waals surface area contributed by atoms with Crippen LogP contribution in [0.5, 0.6) is 0 Å². The molecule has 0 unspecified atom stereocenters. The molecule has 0 aliphatic rings. The number of hydrogen-bond donors (Lipinski definition) is 2. The van der Waals surface area contributed by atoms with E-state index in [1.165, 1.54) is 11.3 Å². The minimum absolute atomic E-state index is 0.385. The smallest absolute Gasteiger partial charge is 0.408 e. The van der Waals surface area contributed by atoms with E-state index in [1.54, 1.807) is 39.8 Å². The molecule has 2 N–H and O–H groups in total. The number of alkyl carbamates (subject to hydrolysis) is 1. The maximum Gasteiger partial charge on any atom is 0.408 e. The lowest BCUT2D eigenvalue weighted by Gasteiger charge is -2.22. The van der Waals surface area contributed by atoms with Crippen LogP contribution in [0.4, 0.5) is 19.3 Å². The molecule has 6 nitrogen and oxygen atoms in total. The van der Waals surface area contributed by atoms with E-state index in [1.807, 2.05) is 13.0 Å². The molecule has 1 heterocycles. The van der Waals surface area contributed by atoms with Crippen LogP contribution in [0.15, 0.2) is 30.3 Å². The number of rotatable bonds is 4. The Hall–Kier alpha value is -3.07. The number of fused-ring (bicyclic) bond motifs is 1. The highest BCUT2D eigenvalue weighted by Gasteiger charge is 2.21. The highest BCUT2D eigenvalue weighted by Crippen LogP contribution is 2.33. The molecule has 0 aliphatic carbocycles. The number of nitrogens with one attached hydrogen (secondary N) is 2. The van der Waals surface area contributed by atoms with E-state index in [4.69, 9.17) is 4.74 Å². The topological polar surface area (TPSA) is 80.3 Å². The van der Waals surface area contributed by atoms with Crippen LogP contribution in [-0.4, -0.2) is 28.6 Å². The maximum absolute atomic E-state index is 13.5. The van der Waals surface area contributed by atoms with Gasteiger partial charge in [-0.2, -0.15) is 0 Å². The van der Waals surface area contributed by atoms with Crippen molar-refractivity contribution < 1.29 is 23.1 Å². The third kappa shape index (κ3) is 5.55. The van der Waals surface area contributed by atoms with Crippen LogP contribution in [0, 0.1) is 18.6 Å². The molecule has 0 aliphatic heterocycles. The minimum atomic E-state index is -0.937. The Kier molecular flexibility index (Phi) is 6.26. The summed E-state index contributed by atoms with van der Waals surface area (Å²) in [6.45, 7) is 8.59. The molecule has 0 saturated heterocycles. The summed E-state index contributed by atoms with van der Waals surface area (Å²) in [5.41, 5.74) is 1.83. The Balaban J connectivity index is 1.72. The number of nitrogens with zero attached hydrogens (tertiary/aromatic N) is 1. The normalized spacial score (nSPS) is 12.5. The largest absolute Gasteiger partial charge is 0.444 e. The molecular formula is C22H23F2N3O3S. The van der Waals surface area contributed by atoms with Crippen LogP contribution in [0.1, 0.15) is 33.3 Å². The van der Waals surface area contributed by atoms with Gasteiger partial charge in [-0.25, -0.2) is 18.6 Å². The summed E-state index contributed by atoms with van der Waals surface area (Å²) in [7, 11) is 0. The summed E-state index contributed by atoms with van der Waals surface area (Å²) >= 11 is 1.25. The zero-order valence-electron chi connectivity index (χ0n) is 17.8. The summed E-state index contributed by atoms with van der Waals surface area (Å²) in [6.07, 6.45) is -0.675. The van der Waals surface area contributed by atoms with Crippen molar-refractivity contribution in [2.45, 2.75) is 46.3 Å². The van der Waals surface area contributed by atoms with Crippen LogP contribution in [0.2, 0.25) is 0 Å². The second-order valence-electron chi connectivity index (χ2n) is 8.14. The minimum Gasteiger partial charge on any atom is -0.444 e. The van der Waals surface area contributed by atoms with Gasteiger partial charge >= 0.3 is 6.09 Å². The summed E-state index contributed by atoms with van der Waals surface area (Å²) in [4.78, 5) is 28.7. The van der Waals surface area contributed by atoms with Gasteiger partial charge in [0.1, 0.15) is 16.7 Å². The van der Waals surface area contributed by atoms with Crippen molar-refractivity contribution in [2.24, 2.45) is 0 Å². The first kappa shape index (κ1) is 22.6. The summed E-state index contributed by atoms with van der Waals surface area (Å²) < 4.78 is 32.6. The average molecular weight is 448 g/mol. The number of ether oxygens (including phenoxy) is 1. The molecule has 31 heavy (non-hydrogen) atoms. The summed E-state index contributed by atoms with van der Waals surface area (Å²) in [5.74, 6) is -2.24. The Morgan fingerprint density at radius 1 is 1.13 bits per heavy atom. The third-order valence-electron chi connectivity index (χ3n) is 4.29. The van der Waals surface area contributed by atoms with E-state index in [-0.39, 0.29) is 0 Å². The van der Waals surface area contributed by atoms with Crippen LogP contribution in [-0.2, 0) is 9.53 Å². The van der Waals surface area contributed by atoms with Gasteiger partial charge in [-0.15, -0.1) is 11.3 Å². The lowest BCUT2D eigenvalue weighted by Crippen LogP contribution is -2.44. The SMILES string of the molecule is Cc1cc(-c2nc3cc(F)c(F)cc3s2)ccc1NC(=O)[C@H](C)NC(=O)OC(C)(C)C. The van der Waals surface area contributed by atoms with Crippen molar-refractivity contribution in [1.82, 2.24) is 10.3 Å². The summed E-state index contributed by atoms with van der Waals surface area (Å²) in [6, 6.07) is 6.71. The fraction of sp³-hybridized carbons (Fsp3) is 0.318. The second kappa shape index (κ2) is 8.58. The molecule has 3 rings (SSSR count). The highest BCUT2D eigenvalue weighted by atomic mass is 32.1. The van der Waals surface area contributed by atoms with E-state index < -0.39 is 35.3 Å². The highest BCUT2D eigenvalue weighted by molar-refractivity contribution is 7.21. The Bertz CT molecular complexity index is 1120. The number of amides is 2. The van der Waals surface area contributed by atoms with Crippen molar-refractivity contribution in [3.05, 3.63) is 47.5 Å². The molecule has 2 aromatic carbocycles. The zero-order chi connectivity index (χ0) is 22.9. The lowest BCUT2D eigenvalue weighted by molar-refractivity contribution is -0.117. The van der Waals surface area contributed by atoms with Crippen molar-refractivity contribution >= 4 is 39.2 Å². The molecule has 2 amide bonds. The van der Waals surface area contributed by atoms with Crippen LogP contribution >= 0.6 is 11.3 Å². The monoisotopic (exact) mass is 447 g/mol. The standard InChI is InChI=1S/C22H23F2N3O3S/c1-11-8-13(20-27-17-9-14(23)15(24)10-18(17)31-20)6-7-16(11)26-19(28)12(2)25-21(29)30-22(3,4)5/h6-10,12H,1-5H3,(H,25,29)(H,26,28)/t12-/m0/s1. The van der Waals surface area contributed by atoms with Crippen molar-refractivity contribution in [3.8, 4) is 10.6 Å². The van der Waals surface area contributed by atoms with Gasteiger partial charge in [0.15, 0.2) is 11.6 Å². The number of anilines is 1. The first-order valence-electron chi connectivity index (χ1n) is 9.60. The first-order chi connectivity index (χ1) is 14.4. The Morgan fingerprint density at radius 3 is 2.45 bits per heavy atom. The van der Waals surface area contributed by atoms with Gasteiger partial charge in [-0.3, -0.25) is 4.79 Å². The number of carbonyl (C=O) groups excluding carboxylic acids is 2. The van der Waals surface area contributed by atoms with Crippen LogP contribution in [0.25, 0.3) is 20.8 Å². The van der Waals surface area contributed by atoms with E-state index in [9.17, 15) is 18.4 Å². The number of halogens is 2. The quantitative estimate of drug-likeness (QED) is 0.561. The molecule has 0 bridgehead atoms. The number of benzene rings is 2. The Labute approximate surface area is 182 Å². The van der Waals surface area contributed by atoms with E-state index in [0.29, 0.717) is 20.9 Å². The van der Waals surface area contributed by atoms with Crippen molar-refractivity contribution in [1.29, 1.82) is 0 Å². The van der Waals surface area contributed by atoms with Gasteiger partial charge < -0.3 is 15.4 Å². The number of aryl methyl sites for hydroxylation is 1. The average Bonchev–Trinajstić information content (AvgIpc) is 3.04. The molecule has 0 fully saturated rings.